The van der Waals surface area contributed by atoms with Gasteiger partial charge >= 0.3 is 0 Å². The lowest BCUT2D eigenvalue weighted by Gasteiger charge is -2.19. The SMILES string of the molecule is CCCNC(Cc1ccc(O)cc1)c1ccccc1. The average molecular weight is 255 g/mol. The summed E-state index contributed by atoms with van der Waals surface area (Å²) in [5.74, 6) is 0.321. The summed E-state index contributed by atoms with van der Waals surface area (Å²) in [6.07, 6.45) is 2.06. The normalized spacial score (nSPS) is 12.3. The number of benzene rings is 2. The maximum Gasteiger partial charge on any atom is 0.115 e. The molecule has 2 aromatic carbocycles. The summed E-state index contributed by atoms with van der Waals surface area (Å²) in [5, 5.41) is 12.9. The predicted molar refractivity (Wildman–Crippen MR) is 79.3 cm³/mol. The van der Waals surface area contributed by atoms with Crippen LogP contribution < -0.4 is 5.32 Å². The van der Waals surface area contributed by atoms with Crippen molar-refractivity contribution in [3.8, 4) is 5.75 Å². The number of phenols is 1. The maximum atomic E-state index is 9.33. The number of hydrogen-bond donors (Lipinski definition) is 2. The highest BCUT2D eigenvalue weighted by molar-refractivity contribution is 5.28. The molecular formula is C17H21NO. The van der Waals surface area contributed by atoms with Crippen LogP contribution in [0.4, 0.5) is 0 Å². The van der Waals surface area contributed by atoms with Gasteiger partial charge in [-0.3, -0.25) is 0 Å². The number of phenolic OH excluding ortho intramolecular Hbond substituents is 1. The Hall–Kier alpha value is -1.80. The average Bonchev–Trinajstić information content (AvgIpc) is 2.46. The van der Waals surface area contributed by atoms with Crippen molar-refractivity contribution in [1.29, 1.82) is 0 Å². The van der Waals surface area contributed by atoms with Crippen LogP contribution >= 0.6 is 0 Å². The zero-order valence-electron chi connectivity index (χ0n) is 11.3. The van der Waals surface area contributed by atoms with Gasteiger partial charge in [0.05, 0.1) is 0 Å². The molecule has 0 bridgehead atoms. The molecule has 0 saturated heterocycles. The molecule has 0 fully saturated rings. The van der Waals surface area contributed by atoms with Crippen molar-refractivity contribution in [2.75, 3.05) is 6.54 Å². The Bertz CT molecular complexity index is 478. The van der Waals surface area contributed by atoms with E-state index in [4.69, 9.17) is 0 Å². The van der Waals surface area contributed by atoms with Crippen LogP contribution in [0.2, 0.25) is 0 Å². The largest absolute Gasteiger partial charge is 0.508 e. The van der Waals surface area contributed by atoms with Crippen LogP contribution in [0.3, 0.4) is 0 Å². The second-order valence-corrected chi connectivity index (χ2v) is 4.79. The van der Waals surface area contributed by atoms with Crippen molar-refractivity contribution in [1.82, 2.24) is 5.32 Å². The molecule has 2 heteroatoms. The lowest BCUT2D eigenvalue weighted by atomic mass is 9.98. The van der Waals surface area contributed by atoms with Gasteiger partial charge in [0, 0.05) is 6.04 Å². The highest BCUT2D eigenvalue weighted by atomic mass is 16.3. The molecule has 2 rings (SSSR count). The van der Waals surface area contributed by atoms with Crippen molar-refractivity contribution in [3.05, 3.63) is 65.7 Å². The van der Waals surface area contributed by atoms with Crippen molar-refractivity contribution < 1.29 is 5.11 Å². The molecule has 0 aromatic heterocycles. The first-order valence-corrected chi connectivity index (χ1v) is 6.86. The summed E-state index contributed by atoms with van der Waals surface area (Å²) >= 11 is 0. The Morgan fingerprint density at radius 2 is 1.68 bits per heavy atom. The first-order chi connectivity index (χ1) is 9.29. The topological polar surface area (TPSA) is 32.3 Å². The molecule has 0 saturated carbocycles. The highest BCUT2D eigenvalue weighted by Crippen LogP contribution is 2.20. The summed E-state index contributed by atoms with van der Waals surface area (Å²) in [6.45, 7) is 3.19. The van der Waals surface area contributed by atoms with Crippen LogP contribution in [-0.4, -0.2) is 11.7 Å². The predicted octanol–water partition coefficient (Wildman–Crippen LogP) is 3.68. The molecule has 0 spiro atoms. The molecule has 2 nitrogen and oxygen atoms in total. The van der Waals surface area contributed by atoms with E-state index >= 15 is 0 Å². The fraction of sp³-hybridized carbons (Fsp3) is 0.294. The summed E-state index contributed by atoms with van der Waals surface area (Å²) in [5.41, 5.74) is 2.54. The molecule has 2 aromatic rings. The van der Waals surface area contributed by atoms with Crippen LogP contribution in [0.25, 0.3) is 0 Å². The number of nitrogens with one attached hydrogen (secondary N) is 1. The molecule has 0 aliphatic carbocycles. The Morgan fingerprint density at radius 3 is 2.32 bits per heavy atom. The van der Waals surface area contributed by atoms with Gasteiger partial charge in [0.15, 0.2) is 0 Å². The summed E-state index contributed by atoms with van der Waals surface area (Å²) in [7, 11) is 0. The van der Waals surface area contributed by atoms with Crippen LogP contribution in [0.5, 0.6) is 5.75 Å². The highest BCUT2D eigenvalue weighted by Gasteiger charge is 2.10. The van der Waals surface area contributed by atoms with E-state index in [1.54, 1.807) is 12.1 Å². The van der Waals surface area contributed by atoms with Gasteiger partial charge in [-0.1, -0.05) is 49.4 Å². The van der Waals surface area contributed by atoms with Crippen molar-refractivity contribution in [2.24, 2.45) is 0 Å². The van der Waals surface area contributed by atoms with E-state index in [1.807, 2.05) is 18.2 Å². The zero-order chi connectivity index (χ0) is 13.5. The monoisotopic (exact) mass is 255 g/mol. The molecule has 0 aliphatic heterocycles. The maximum absolute atomic E-state index is 9.33. The van der Waals surface area contributed by atoms with Gasteiger partial charge in [-0.2, -0.15) is 0 Å². The smallest absolute Gasteiger partial charge is 0.115 e. The fourth-order valence-corrected chi connectivity index (χ4v) is 2.18. The van der Waals surface area contributed by atoms with Crippen molar-refractivity contribution in [2.45, 2.75) is 25.8 Å². The van der Waals surface area contributed by atoms with Crippen LogP contribution in [0.1, 0.15) is 30.5 Å². The first kappa shape index (κ1) is 13.6. The van der Waals surface area contributed by atoms with Gasteiger partial charge < -0.3 is 10.4 Å². The van der Waals surface area contributed by atoms with Gasteiger partial charge in [-0.15, -0.1) is 0 Å². The van der Waals surface area contributed by atoms with Crippen molar-refractivity contribution >= 4 is 0 Å². The molecule has 1 atom stereocenters. The fourth-order valence-electron chi connectivity index (χ4n) is 2.18. The van der Waals surface area contributed by atoms with Gasteiger partial charge in [0.2, 0.25) is 0 Å². The minimum absolute atomic E-state index is 0.321. The summed E-state index contributed by atoms with van der Waals surface area (Å²) in [6, 6.07) is 18.3. The molecule has 0 heterocycles. The quantitative estimate of drug-likeness (QED) is 0.825. The lowest BCUT2D eigenvalue weighted by Crippen LogP contribution is -2.24. The molecule has 19 heavy (non-hydrogen) atoms. The molecule has 0 amide bonds. The van der Waals surface area contributed by atoms with E-state index in [-0.39, 0.29) is 0 Å². The van der Waals surface area contributed by atoms with Gasteiger partial charge in [0.1, 0.15) is 5.75 Å². The van der Waals surface area contributed by atoms with Crippen LogP contribution in [-0.2, 0) is 6.42 Å². The van der Waals surface area contributed by atoms with E-state index in [0.717, 1.165) is 19.4 Å². The van der Waals surface area contributed by atoms with Gasteiger partial charge in [-0.05, 0) is 42.6 Å². The third-order valence-corrected chi connectivity index (χ3v) is 3.22. The number of aromatic hydroxyl groups is 1. The molecule has 0 radical (unpaired) electrons. The van der Waals surface area contributed by atoms with Gasteiger partial charge in [0.25, 0.3) is 0 Å². The third kappa shape index (κ3) is 4.11. The van der Waals surface area contributed by atoms with Crippen LogP contribution in [0, 0.1) is 0 Å². The Kier molecular flexibility index (Phi) is 4.99. The van der Waals surface area contributed by atoms with E-state index in [0.29, 0.717) is 11.8 Å². The molecular weight excluding hydrogens is 234 g/mol. The lowest BCUT2D eigenvalue weighted by molar-refractivity contribution is 0.474. The molecule has 0 aliphatic rings. The number of hydrogen-bond acceptors (Lipinski definition) is 2. The zero-order valence-corrected chi connectivity index (χ0v) is 11.3. The minimum Gasteiger partial charge on any atom is -0.508 e. The summed E-state index contributed by atoms with van der Waals surface area (Å²) < 4.78 is 0. The Labute approximate surface area is 115 Å². The van der Waals surface area contributed by atoms with Crippen LogP contribution in [0.15, 0.2) is 54.6 Å². The summed E-state index contributed by atoms with van der Waals surface area (Å²) in [4.78, 5) is 0. The van der Waals surface area contributed by atoms with E-state index in [9.17, 15) is 5.11 Å². The standard InChI is InChI=1S/C17H21NO/c1-2-12-18-17(15-6-4-3-5-7-15)13-14-8-10-16(19)11-9-14/h3-11,17-19H,2,12-13H2,1H3. The van der Waals surface area contributed by atoms with Crippen molar-refractivity contribution in [3.63, 3.8) is 0 Å². The Morgan fingerprint density at radius 1 is 1.00 bits per heavy atom. The second-order valence-electron chi connectivity index (χ2n) is 4.79. The molecule has 1 unspecified atom stereocenters. The second kappa shape index (κ2) is 6.95. The third-order valence-electron chi connectivity index (χ3n) is 3.22. The Balaban J connectivity index is 2.11. The van der Waals surface area contributed by atoms with Gasteiger partial charge in [-0.25, -0.2) is 0 Å². The first-order valence-electron chi connectivity index (χ1n) is 6.86. The molecule has 2 N–H and O–H groups in total. The molecule has 100 valence electrons. The van der Waals surface area contributed by atoms with E-state index in [1.165, 1.54) is 11.1 Å². The number of rotatable bonds is 6. The minimum atomic E-state index is 0.321. The van der Waals surface area contributed by atoms with E-state index in [2.05, 4.69) is 36.5 Å². The van der Waals surface area contributed by atoms with E-state index < -0.39 is 0 Å².